The lowest BCUT2D eigenvalue weighted by Gasteiger charge is -2.32. The normalized spacial score (nSPS) is 26.1. The highest BCUT2D eigenvalue weighted by atomic mass is 16.5. The monoisotopic (exact) mass is 399 g/mol. The van der Waals surface area contributed by atoms with E-state index >= 15 is 0 Å². The number of hydrogen-bond acceptors (Lipinski definition) is 4. The van der Waals surface area contributed by atoms with Crippen LogP contribution in [0.2, 0.25) is 0 Å². The van der Waals surface area contributed by atoms with E-state index in [4.69, 9.17) is 4.74 Å². The molecule has 0 bridgehead atoms. The van der Waals surface area contributed by atoms with Gasteiger partial charge in [0.05, 0.1) is 12.0 Å². The molecule has 0 saturated carbocycles. The number of carbonyl (C=O) groups is 3. The van der Waals surface area contributed by atoms with Crippen molar-refractivity contribution in [3.05, 3.63) is 35.9 Å². The van der Waals surface area contributed by atoms with Crippen molar-refractivity contribution in [1.82, 2.24) is 14.7 Å². The Balaban J connectivity index is 1.41. The predicted octanol–water partition coefficient (Wildman–Crippen LogP) is 1.13. The van der Waals surface area contributed by atoms with Crippen molar-refractivity contribution in [2.45, 2.75) is 26.4 Å². The van der Waals surface area contributed by atoms with Crippen LogP contribution in [0.5, 0.6) is 0 Å². The van der Waals surface area contributed by atoms with E-state index in [1.807, 2.05) is 35.2 Å². The molecule has 0 unspecified atom stereocenters. The molecule has 7 heteroatoms. The lowest BCUT2D eigenvalue weighted by Crippen LogP contribution is -2.49. The molecule has 3 fully saturated rings. The van der Waals surface area contributed by atoms with Gasteiger partial charge >= 0.3 is 0 Å². The van der Waals surface area contributed by atoms with Gasteiger partial charge in [-0.25, -0.2) is 0 Å². The Hall–Kier alpha value is -2.41. The van der Waals surface area contributed by atoms with Crippen LogP contribution in [0.15, 0.2) is 30.3 Å². The molecule has 0 radical (unpaired) electrons. The Morgan fingerprint density at radius 1 is 1.00 bits per heavy atom. The number of ether oxygens (including phenoxy) is 1. The van der Waals surface area contributed by atoms with Crippen molar-refractivity contribution in [3.8, 4) is 0 Å². The minimum atomic E-state index is -0.662. The molecule has 1 aromatic rings. The molecule has 0 N–H and O–H groups in total. The summed E-state index contributed by atoms with van der Waals surface area (Å²) in [4.78, 5) is 43.6. The van der Waals surface area contributed by atoms with E-state index in [0.29, 0.717) is 32.8 Å². The summed E-state index contributed by atoms with van der Waals surface area (Å²) in [5.41, 5.74) is 0.363. The maximum Gasteiger partial charge on any atom is 0.248 e. The van der Waals surface area contributed by atoms with E-state index in [2.05, 4.69) is 0 Å². The SMILES string of the molecule is CC(=O)N1C[C@H]2CN(C(=O)COCc3ccccc3)C[C@@]2(C(=O)N2CCCC2)C1. The van der Waals surface area contributed by atoms with Crippen LogP contribution in [0.25, 0.3) is 0 Å². The van der Waals surface area contributed by atoms with Crippen molar-refractivity contribution < 1.29 is 19.1 Å². The van der Waals surface area contributed by atoms with E-state index in [1.165, 1.54) is 0 Å². The summed E-state index contributed by atoms with van der Waals surface area (Å²) in [7, 11) is 0. The maximum atomic E-state index is 13.4. The number of benzene rings is 1. The number of nitrogens with zero attached hydrogens (tertiary/aromatic N) is 3. The molecule has 3 saturated heterocycles. The highest BCUT2D eigenvalue weighted by Gasteiger charge is 2.59. The first-order valence-corrected chi connectivity index (χ1v) is 10.4. The fourth-order valence-electron chi connectivity index (χ4n) is 4.95. The molecule has 0 spiro atoms. The molecule has 1 aromatic carbocycles. The second kappa shape index (κ2) is 8.14. The number of hydrogen-bond donors (Lipinski definition) is 0. The zero-order valence-electron chi connectivity index (χ0n) is 17.0. The maximum absolute atomic E-state index is 13.4. The number of fused-ring (bicyclic) bond motifs is 1. The number of likely N-dealkylation sites (tertiary alicyclic amines) is 3. The molecule has 156 valence electrons. The fourth-order valence-corrected chi connectivity index (χ4v) is 4.95. The standard InChI is InChI=1S/C22H29N3O4/c1-17(26)24-11-19-12-25(20(27)14-29-13-18-7-3-2-4-8-18)16-22(19,15-24)21(28)23-9-5-6-10-23/h2-4,7-8,19H,5-6,9-16H2,1H3/t19-,22-/m0/s1. The third-order valence-electron chi connectivity index (χ3n) is 6.56. The van der Waals surface area contributed by atoms with Gasteiger partial charge in [-0.1, -0.05) is 30.3 Å². The zero-order chi connectivity index (χ0) is 20.4. The van der Waals surface area contributed by atoms with E-state index < -0.39 is 5.41 Å². The van der Waals surface area contributed by atoms with Gasteiger partial charge in [-0.2, -0.15) is 0 Å². The van der Waals surface area contributed by atoms with Gasteiger partial charge < -0.3 is 19.4 Å². The van der Waals surface area contributed by atoms with Gasteiger partial charge in [0, 0.05) is 52.1 Å². The summed E-state index contributed by atoms with van der Waals surface area (Å²) in [5, 5.41) is 0. The first-order chi connectivity index (χ1) is 14.0. The molecule has 3 aliphatic heterocycles. The second-order valence-corrected chi connectivity index (χ2v) is 8.50. The van der Waals surface area contributed by atoms with Crippen molar-refractivity contribution >= 4 is 17.7 Å². The van der Waals surface area contributed by atoms with Crippen LogP contribution in [0.1, 0.15) is 25.3 Å². The minimum absolute atomic E-state index is 0.00225. The van der Waals surface area contributed by atoms with Gasteiger partial charge in [0.25, 0.3) is 0 Å². The van der Waals surface area contributed by atoms with Crippen LogP contribution in [0, 0.1) is 11.3 Å². The summed E-state index contributed by atoms with van der Waals surface area (Å²) in [5.74, 6) is 0.0252. The average Bonchev–Trinajstić information content (AvgIpc) is 3.43. The lowest BCUT2D eigenvalue weighted by atomic mass is 9.79. The van der Waals surface area contributed by atoms with Crippen LogP contribution in [0.4, 0.5) is 0 Å². The molecule has 0 aromatic heterocycles. The van der Waals surface area contributed by atoms with E-state index in [9.17, 15) is 14.4 Å². The lowest BCUT2D eigenvalue weighted by molar-refractivity contribution is -0.142. The summed E-state index contributed by atoms with van der Waals surface area (Å²) in [6.07, 6.45) is 2.05. The van der Waals surface area contributed by atoms with Gasteiger partial charge in [-0.15, -0.1) is 0 Å². The van der Waals surface area contributed by atoms with Crippen LogP contribution in [0.3, 0.4) is 0 Å². The average molecular weight is 399 g/mol. The molecular formula is C22H29N3O4. The quantitative estimate of drug-likeness (QED) is 0.744. The van der Waals surface area contributed by atoms with Gasteiger partial charge in [-0.05, 0) is 18.4 Å². The van der Waals surface area contributed by atoms with Gasteiger partial charge in [-0.3, -0.25) is 14.4 Å². The van der Waals surface area contributed by atoms with E-state index in [-0.39, 0.29) is 30.2 Å². The Morgan fingerprint density at radius 2 is 1.66 bits per heavy atom. The highest BCUT2D eigenvalue weighted by Crippen LogP contribution is 2.44. The van der Waals surface area contributed by atoms with Crippen molar-refractivity contribution in [2.24, 2.45) is 11.3 Å². The molecule has 29 heavy (non-hydrogen) atoms. The highest BCUT2D eigenvalue weighted by molar-refractivity contribution is 5.88. The predicted molar refractivity (Wildman–Crippen MR) is 107 cm³/mol. The largest absolute Gasteiger partial charge is 0.367 e. The van der Waals surface area contributed by atoms with Crippen LogP contribution in [-0.2, 0) is 25.7 Å². The van der Waals surface area contributed by atoms with Gasteiger partial charge in [0.15, 0.2) is 0 Å². The first kappa shape index (κ1) is 19.9. The Morgan fingerprint density at radius 3 is 2.34 bits per heavy atom. The topological polar surface area (TPSA) is 70.2 Å². The number of amides is 3. The molecular weight excluding hydrogens is 370 g/mol. The Kier molecular flexibility index (Phi) is 5.58. The number of carbonyl (C=O) groups excluding carboxylic acids is 3. The summed E-state index contributed by atoms with van der Waals surface area (Å²) < 4.78 is 5.62. The molecule has 3 amide bonds. The summed E-state index contributed by atoms with van der Waals surface area (Å²) >= 11 is 0. The van der Waals surface area contributed by atoms with Gasteiger partial charge in [0.2, 0.25) is 17.7 Å². The summed E-state index contributed by atoms with van der Waals surface area (Å²) in [6.45, 7) is 5.35. The van der Waals surface area contributed by atoms with Gasteiger partial charge in [0.1, 0.15) is 6.61 Å². The Labute approximate surface area is 171 Å². The van der Waals surface area contributed by atoms with Crippen LogP contribution < -0.4 is 0 Å². The van der Waals surface area contributed by atoms with Crippen LogP contribution in [-0.4, -0.2) is 78.3 Å². The first-order valence-electron chi connectivity index (χ1n) is 10.4. The third-order valence-corrected chi connectivity index (χ3v) is 6.56. The molecule has 4 rings (SSSR count). The van der Waals surface area contributed by atoms with E-state index in [0.717, 1.165) is 31.5 Å². The van der Waals surface area contributed by atoms with Crippen molar-refractivity contribution in [3.63, 3.8) is 0 Å². The molecule has 3 heterocycles. The van der Waals surface area contributed by atoms with Crippen molar-refractivity contribution in [1.29, 1.82) is 0 Å². The van der Waals surface area contributed by atoms with Crippen LogP contribution >= 0.6 is 0 Å². The van der Waals surface area contributed by atoms with Crippen molar-refractivity contribution in [2.75, 3.05) is 45.9 Å². The molecule has 2 atom stereocenters. The third kappa shape index (κ3) is 3.88. The second-order valence-electron chi connectivity index (χ2n) is 8.50. The summed E-state index contributed by atoms with van der Waals surface area (Å²) in [6, 6.07) is 9.75. The minimum Gasteiger partial charge on any atom is -0.367 e. The van der Waals surface area contributed by atoms with E-state index in [1.54, 1.807) is 16.7 Å². The fraction of sp³-hybridized carbons (Fsp3) is 0.591. The Bertz CT molecular complexity index is 778. The smallest absolute Gasteiger partial charge is 0.248 e. The zero-order valence-corrected chi connectivity index (χ0v) is 17.0. The molecule has 7 nitrogen and oxygen atoms in total. The number of rotatable bonds is 5. The molecule has 3 aliphatic rings. The molecule has 0 aliphatic carbocycles.